The van der Waals surface area contributed by atoms with Gasteiger partial charge in [-0.15, -0.1) is 0 Å². The maximum Gasteiger partial charge on any atom is 0.326 e. The van der Waals surface area contributed by atoms with Crippen LogP contribution in [0.4, 0.5) is 16.2 Å². The summed E-state index contributed by atoms with van der Waals surface area (Å²) in [7, 11) is 0. The summed E-state index contributed by atoms with van der Waals surface area (Å²) >= 11 is 0. The number of para-hydroxylation sites is 1. The molecule has 1 aliphatic carbocycles. The number of nitrogens with zero attached hydrogens (tertiary/aromatic N) is 1. The van der Waals surface area contributed by atoms with E-state index in [2.05, 4.69) is 54.7 Å². The van der Waals surface area contributed by atoms with E-state index in [4.69, 9.17) is 0 Å². The number of rotatable bonds is 4. The van der Waals surface area contributed by atoms with E-state index in [-0.39, 0.29) is 6.03 Å². The highest BCUT2D eigenvalue weighted by Crippen LogP contribution is 2.38. The van der Waals surface area contributed by atoms with E-state index in [9.17, 15) is 4.79 Å². The molecule has 1 N–H and O–H groups in total. The maximum absolute atomic E-state index is 12.9. The van der Waals surface area contributed by atoms with Crippen LogP contribution >= 0.6 is 0 Å². The van der Waals surface area contributed by atoms with E-state index >= 15 is 0 Å². The van der Waals surface area contributed by atoms with Gasteiger partial charge in [0.15, 0.2) is 0 Å². The number of hydrogen-bond acceptors (Lipinski definition) is 1. The minimum Gasteiger partial charge on any atom is -0.307 e. The van der Waals surface area contributed by atoms with Crippen LogP contribution in [0.15, 0.2) is 66.7 Å². The van der Waals surface area contributed by atoms with Crippen molar-refractivity contribution in [3.63, 3.8) is 0 Å². The summed E-state index contributed by atoms with van der Waals surface area (Å²) in [4.78, 5) is 14.8. The van der Waals surface area contributed by atoms with Gasteiger partial charge >= 0.3 is 6.03 Å². The van der Waals surface area contributed by atoms with Gasteiger partial charge in [0.25, 0.3) is 0 Å². The third-order valence-corrected chi connectivity index (χ3v) is 7.75. The fourth-order valence-electron chi connectivity index (χ4n) is 5.54. The molecule has 170 valence electrons. The molecule has 3 heteroatoms. The molecule has 0 bridgehead atoms. The fourth-order valence-corrected chi connectivity index (χ4v) is 5.54. The first-order chi connectivity index (χ1) is 16.1. The van der Waals surface area contributed by atoms with Gasteiger partial charge in [-0.05, 0) is 96.9 Å². The lowest BCUT2D eigenvalue weighted by Crippen LogP contribution is -2.33. The van der Waals surface area contributed by atoms with Crippen LogP contribution in [-0.2, 0) is 6.42 Å². The lowest BCUT2D eigenvalue weighted by Gasteiger charge is -2.28. The molecule has 0 radical (unpaired) electrons. The maximum atomic E-state index is 12.9. The van der Waals surface area contributed by atoms with Gasteiger partial charge in [-0.2, -0.15) is 0 Å². The predicted octanol–water partition coefficient (Wildman–Crippen LogP) is 7.94. The highest BCUT2D eigenvalue weighted by Gasteiger charge is 2.25. The molecule has 0 unspecified atom stereocenters. The van der Waals surface area contributed by atoms with Crippen LogP contribution in [0.5, 0.6) is 0 Å². The average Bonchev–Trinajstić information content (AvgIpc) is 3.29. The quantitative estimate of drug-likeness (QED) is 0.440. The molecule has 1 heterocycles. The van der Waals surface area contributed by atoms with E-state index in [1.807, 2.05) is 36.1 Å². The molecule has 0 saturated heterocycles. The monoisotopic (exact) mass is 438 g/mol. The van der Waals surface area contributed by atoms with E-state index in [1.165, 1.54) is 54.4 Å². The molecular weight excluding hydrogens is 404 g/mol. The molecule has 2 amide bonds. The largest absolute Gasteiger partial charge is 0.326 e. The minimum atomic E-state index is -0.0575. The van der Waals surface area contributed by atoms with Crippen LogP contribution in [0.2, 0.25) is 0 Å². The summed E-state index contributed by atoms with van der Waals surface area (Å²) in [5, 5.41) is 3.07. The lowest BCUT2D eigenvalue weighted by molar-refractivity contribution is 0.257. The standard InChI is InChI=1S/C30H34N2O/c1-3-22-8-10-23(11-9-22)24-12-14-25(15-13-24)26-16-17-29-27(20-26)18-19-32(29)30(33)31-28-7-5-4-6-21(28)2/h4-7,12-17,20,22-23H,3,8-11,18-19H2,1-2H3,(H,31,33). The van der Waals surface area contributed by atoms with Crippen LogP contribution in [0.3, 0.4) is 0 Å². The molecule has 1 fully saturated rings. The molecule has 2 aliphatic rings. The third kappa shape index (κ3) is 4.55. The zero-order valence-corrected chi connectivity index (χ0v) is 19.8. The number of fused-ring (bicyclic) bond motifs is 1. The Bertz CT molecular complexity index is 1130. The number of carbonyl (C=O) groups is 1. The van der Waals surface area contributed by atoms with Crippen molar-refractivity contribution >= 4 is 17.4 Å². The Labute approximate surface area is 197 Å². The number of benzene rings is 3. The number of amides is 2. The van der Waals surface area contributed by atoms with Crippen molar-refractivity contribution in [2.75, 3.05) is 16.8 Å². The number of anilines is 2. The van der Waals surface area contributed by atoms with E-state index in [1.54, 1.807) is 0 Å². The number of hydrogen-bond donors (Lipinski definition) is 1. The molecule has 33 heavy (non-hydrogen) atoms. The van der Waals surface area contributed by atoms with E-state index in [0.29, 0.717) is 0 Å². The normalized spacial score (nSPS) is 19.9. The van der Waals surface area contributed by atoms with Crippen molar-refractivity contribution in [3.05, 3.63) is 83.4 Å². The summed E-state index contributed by atoms with van der Waals surface area (Å²) in [5.41, 5.74) is 8.19. The second-order valence-corrected chi connectivity index (χ2v) is 9.74. The Morgan fingerprint density at radius 2 is 1.67 bits per heavy atom. The average molecular weight is 439 g/mol. The Morgan fingerprint density at radius 1 is 0.939 bits per heavy atom. The zero-order valence-electron chi connectivity index (χ0n) is 19.8. The van der Waals surface area contributed by atoms with Crippen LogP contribution in [0.1, 0.15) is 61.6 Å². The van der Waals surface area contributed by atoms with Gasteiger partial charge in [0.05, 0.1) is 0 Å². The molecule has 1 saturated carbocycles. The van der Waals surface area contributed by atoms with E-state index in [0.717, 1.165) is 41.7 Å². The number of urea groups is 1. The van der Waals surface area contributed by atoms with Gasteiger partial charge in [-0.1, -0.05) is 61.9 Å². The van der Waals surface area contributed by atoms with Crippen molar-refractivity contribution in [1.82, 2.24) is 0 Å². The summed E-state index contributed by atoms with van der Waals surface area (Å²) in [5.74, 6) is 1.66. The molecule has 1 aliphatic heterocycles. The molecule has 3 aromatic carbocycles. The van der Waals surface area contributed by atoms with Crippen molar-refractivity contribution in [2.24, 2.45) is 5.92 Å². The zero-order chi connectivity index (χ0) is 22.8. The topological polar surface area (TPSA) is 32.3 Å². The summed E-state index contributed by atoms with van der Waals surface area (Å²) in [6.45, 7) is 5.06. The lowest BCUT2D eigenvalue weighted by atomic mass is 9.77. The molecule has 5 rings (SSSR count). The van der Waals surface area contributed by atoms with Crippen molar-refractivity contribution in [3.8, 4) is 11.1 Å². The minimum absolute atomic E-state index is 0.0575. The van der Waals surface area contributed by atoms with Crippen LogP contribution < -0.4 is 10.2 Å². The second kappa shape index (κ2) is 9.43. The van der Waals surface area contributed by atoms with E-state index < -0.39 is 0 Å². The highest BCUT2D eigenvalue weighted by molar-refractivity contribution is 6.03. The van der Waals surface area contributed by atoms with Gasteiger partial charge in [0, 0.05) is 17.9 Å². The third-order valence-electron chi connectivity index (χ3n) is 7.75. The predicted molar refractivity (Wildman–Crippen MR) is 138 cm³/mol. The summed E-state index contributed by atoms with van der Waals surface area (Å²) in [6.07, 6.45) is 7.63. The first-order valence-electron chi connectivity index (χ1n) is 12.5. The highest BCUT2D eigenvalue weighted by atomic mass is 16.2. The van der Waals surface area contributed by atoms with Crippen LogP contribution in [0.25, 0.3) is 11.1 Å². The SMILES string of the molecule is CCC1CCC(c2ccc(-c3ccc4c(c3)CCN4C(=O)Nc3ccccc3C)cc2)CC1. The van der Waals surface area contributed by atoms with Gasteiger partial charge in [-0.25, -0.2) is 4.79 Å². The van der Waals surface area contributed by atoms with Gasteiger partial charge in [0.1, 0.15) is 0 Å². The van der Waals surface area contributed by atoms with Crippen LogP contribution in [-0.4, -0.2) is 12.6 Å². The molecule has 3 aromatic rings. The van der Waals surface area contributed by atoms with Gasteiger partial charge in [-0.3, -0.25) is 4.90 Å². The number of aryl methyl sites for hydroxylation is 1. The molecule has 3 nitrogen and oxygen atoms in total. The molecular formula is C30H34N2O. The fraction of sp³-hybridized carbons (Fsp3) is 0.367. The summed E-state index contributed by atoms with van der Waals surface area (Å²) < 4.78 is 0. The number of carbonyl (C=O) groups excluding carboxylic acids is 1. The summed E-state index contributed by atoms with van der Waals surface area (Å²) in [6, 6.07) is 23.6. The first-order valence-corrected chi connectivity index (χ1v) is 12.5. The second-order valence-electron chi connectivity index (χ2n) is 9.74. The first kappa shape index (κ1) is 21.8. The van der Waals surface area contributed by atoms with Crippen molar-refractivity contribution in [1.29, 1.82) is 0 Å². The Balaban J connectivity index is 1.28. The van der Waals surface area contributed by atoms with Crippen LogP contribution in [0, 0.1) is 12.8 Å². The number of nitrogens with one attached hydrogen (secondary N) is 1. The van der Waals surface area contributed by atoms with Crippen molar-refractivity contribution in [2.45, 2.75) is 58.3 Å². The Kier molecular flexibility index (Phi) is 6.22. The Morgan fingerprint density at radius 3 is 2.39 bits per heavy atom. The smallest absolute Gasteiger partial charge is 0.307 e. The molecule has 0 atom stereocenters. The Hall–Kier alpha value is -3.07. The molecule has 0 aromatic heterocycles. The van der Waals surface area contributed by atoms with Gasteiger partial charge < -0.3 is 5.32 Å². The van der Waals surface area contributed by atoms with Crippen molar-refractivity contribution < 1.29 is 4.79 Å². The van der Waals surface area contributed by atoms with Gasteiger partial charge in [0.2, 0.25) is 0 Å². The molecule has 0 spiro atoms.